The summed E-state index contributed by atoms with van der Waals surface area (Å²) in [7, 11) is 0. The minimum Gasteiger partial charge on any atom is -0.477 e. The van der Waals surface area contributed by atoms with Crippen LogP contribution in [0.15, 0.2) is 59.2 Å². The van der Waals surface area contributed by atoms with E-state index < -0.39 is 17.6 Å². The number of furan rings is 1. The third kappa shape index (κ3) is 3.13. The Morgan fingerprint density at radius 2 is 2.03 bits per heavy atom. The molecule has 2 aromatic heterocycles. The Morgan fingerprint density at radius 3 is 2.76 bits per heavy atom. The number of ketones is 1. The molecule has 0 radical (unpaired) electrons. The fourth-order valence-electron chi connectivity index (χ4n) is 4.26. The third-order valence-corrected chi connectivity index (χ3v) is 5.69. The van der Waals surface area contributed by atoms with E-state index in [1.165, 1.54) is 35.1 Å². The second-order valence-electron chi connectivity index (χ2n) is 7.58. The molecule has 0 unspecified atom stereocenters. The van der Waals surface area contributed by atoms with Gasteiger partial charge in [-0.2, -0.15) is 5.26 Å². The van der Waals surface area contributed by atoms with Crippen molar-refractivity contribution in [1.29, 1.82) is 5.26 Å². The highest BCUT2D eigenvalue weighted by Crippen LogP contribution is 2.40. The Morgan fingerprint density at radius 1 is 1.21 bits per heavy atom. The van der Waals surface area contributed by atoms with E-state index in [4.69, 9.17) is 4.42 Å². The fourth-order valence-corrected chi connectivity index (χ4v) is 4.26. The Kier molecular flexibility index (Phi) is 4.68. The van der Waals surface area contributed by atoms with Gasteiger partial charge < -0.3 is 14.1 Å². The van der Waals surface area contributed by atoms with Crippen LogP contribution in [-0.4, -0.2) is 21.4 Å². The Labute approximate surface area is 185 Å². The largest absolute Gasteiger partial charge is 0.477 e. The standard InChI is InChI=1S/C25H14F2N2O4/c26-17-6-5-13(11-28)9-14(17)12-29-19-10-18(27)15-7-8-33-24(15)22(19)21(23(29)25(31)32)16-3-1-2-4-20(16)30/h1-3,5-10H,4,12H2,(H,31,32). The molecule has 0 amide bonds. The molecule has 162 valence electrons. The van der Waals surface area contributed by atoms with E-state index in [2.05, 4.69) is 0 Å². The lowest BCUT2D eigenvalue weighted by Gasteiger charge is -2.12. The summed E-state index contributed by atoms with van der Waals surface area (Å²) in [6.45, 7) is -0.303. The quantitative estimate of drug-likeness (QED) is 0.467. The van der Waals surface area contributed by atoms with Crippen LogP contribution in [0.4, 0.5) is 8.78 Å². The summed E-state index contributed by atoms with van der Waals surface area (Å²) in [6, 6.07) is 8.21. The fraction of sp³-hybridized carbons (Fsp3) is 0.0800. The number of allylic oxidation sites excluding steroid dienone is 4. The molecule has 2 heterocycles. The maximum atomic E-state index is 14.9. The van der Waals surface area contributed by atoms with Crippen LogP contribution in [0, 0.1) is 23.0 Å². The summed E-state index contributed by atoms with van der Waals surface area (Å²) in [6.07, 6.45) is 6.16. The molecule has 1 N–H and O–H groups in total. The van der Waals surface area contributed by atoms with Crippen molar-refractivity contribution in [3.63, 3.8) is 0 Å². The summed E-state index contributed by atoms with van der Waals surface area (Å²) in [5.74, 6) is -2.98. The molecule has 0 fully saturated rings. The molecular formula is C25H14F2N2O4. The first-order chi connectivity index (χ1) is 15.9. The molecule has 1 aliphatic carbocycles. The first kappa shape index (κ1) is 20.4. The molecule has 6 nitrogen and oxygen atoms in total. The number of fused-ring (bicyclic) bond motifs is 3. The van der Waals surface area contributed by atoms with E-state index in [1.807, 2.05) is 6.07 Å². The van der Waals surface area contributed by atoms with Crippen molar-refractivity contribution >= 4 is 39.2 Å². The zero-order chi connectivity index (χ0) is 23.3. The smallest absolute Gasteiger partial charge is 0.353 e. The van der Waals surface area contributed by atoms with E-state index in [9.17, 15) is 28.7 Å². The Hall–Kier alpha value is -4.51. The number of carbonyl (C=O) groups excluding carboxylic acids is 1. The number of carbonyl (C=O) groups is 2. The molecule has 0 saturated carbocycles. The van der Waals surface area contributed by atoms with Gasteiger partial charge in [0.25, 0.3) is 0 Å². The Bertz CT molecular complexity index is 1600. The molecule has 8 heteroatoms. The molecule has 0 spiro atoms. The lowest BCUT2D eigenvalue weighted by atomic mass is 9.93. The van der Waals surface area contributed by atoms with E-state index in [0.29, 0.717) is 0 Å². The number of carboxylic acids is 1. The van der Waals surface area contributed by atoms with Crippen molar-refractivity contribution in [1.82, 2.24) is 4.57 Å². The topological polar surface area (TPSA) is 96.2 Å². The summed E-state index contributed by atoms with van der Waals surface area (Å²) < 4.78 is 36.2. The van der Waals surface area contributed by atoms with Gasteiger partial charge in [0.15, 0.2) is 5.78 Å². The van der Waals surface area contributed by atoms with E-state index in [1.54, 1.807) is 12.2 Å². The normalized spacial score (nSPS) is 13.5. The monoisotopic (exact) mass is 444 g/mol. The van der Waals surface area contributed by atoms with Crippen LogP contribution < -0.4 is 0 Å². The summed E-state index contributed by atoms with van der Waals surface area (Å²) >= 11 is 0. The zero-order valence-electron chi connectivity index (χ0n) is 16.9. The van der Waals surface area contributed by atoms with Crippen LogP contribution in [0.1, 0.15) is 33.6 Å². The first-order valence-corrected chi connectivity index (χ1v) is 9.94. The van der Waals surface area contributed by atoms with Gasteiger partial charge in [-0.1, -0.05) is 18.2 Å². The number of halogens is 2. The molecule has 4 aromatic rings. The maximum absolute atomic E-state index is 14.9. The van der Waals surface area contributed by atoms with Crippen LogP contribution in [0.5, 0.6) is 0 Å². The highest BCUT2D eigenvalue weighted by molar-refractivity contribution is 6.29. The van der Waals surface area contributed by atoms with Gasteiger partial charge in [0.05, 0.1) is 40.7 Å². The molecule has 33 heavy (non-hydrogen) atoms. The average molecular weight is 444 g/mol. The average Bonchev–Trinajstić information content (AvgIpc) is 3.39. The number of benzene rings is 2. The number of aromatic carboxylic acids is 1. The van der Waals surface area contributed by atoms with E-state index in [-0.39, 0.29) is 68.6 Å². The van der Waals surface area contributed by atoms with Crippen LogP contribution >= 0.6 is 0 Å². The highest BCUT2D eigenvalue weighted by Gasteiger charge is 2.31. The van der Waals surface area contributed by atoms with Crippen molar-refractivity contribution in [2.24, 2.45) is 0 Å². The van der Waals surface area contributed by atoms with Gasteiger partial charge in [0.2, 0.25) is 0 Å². The van der Waals surface area contributed by atoms with Crippen molar-refractivity contribution in [2.45, 2.75) is 13.0 Å². The van der Waals surface area contributed by atoms with Crippen molar-refractivity contribution in [2.75, 3.05) is 0 Å². The first-order valence-electron chi connectivity index (χ1n) is 9.94. The minimum atomic E-state index is -1.37. The van der Waals surface area contributed by atoms with E-state index in [0.717, 1.165) is 12.1 Å². The van der Waals surface area contributed by atoms with Gasteiger partial charge in [-0.05, 0) is 30.3 Å². The SMILES string of the molecule is N#Cc1ccc(F)c(Cn2c(C(=O)O)c(C3=CC=CCC3=O)c3c4occc4c(F)cc32)c1. The number of aromatic nitrogens is 1. The number of Topliss-reactive ketones (excluding diaryl/α,β-unsaturated/α-hetero) is 1. The van der Waals surface area contributed by atoms with Crippen LogP contribution in [0.3, 0.4) is 0 Å². The number of rotatable bonds is 4. The summed E-state index contributed by atoms with van der Waals surface area (Å²) in [4.78, 5) is 25.2. The second-order valence-corrected chi connectivity index (χ2v) is 7.58. The predicted molar refractivity (Wildman–Crippen MR) is 116 cm³/mol. The van der Waals surface area contributed by atoms with Gasteiger partial charge in [0.1, 0.15) is 22.9 Å². The lowest BCUT2D eigenvalue weighted by molar-refractivity contribution is -0.113. The number of hydrogen-bond acceptors (Lipinski definition) is 4. The Balaban J connectivity index is 1.91. The van der Waals surface area contributed by atoms with Gasteiger partial charge in [0, 0.05) is 23.1 Å². The molecule has 0 aliphatic heterocycles. The zero-order valence-corrected chi connectivity index (χ0v) is 16.9. The van der Waals surface area contributed by atoms with Crippen molar-refractivity contribution in [3.05, 3.63) is 88.8 Å². The predicted octanol–water partition coefficient (Wildman–Crippen LogP) is 5.20. The van der Waals surface area contributed by atoms with Crippen LogP contribution in [-0.2, 0) is 11.3 Å². The number of hydrogen-bond donors (Lipinski definition) is 1. The number of nitriles is 1. The molecule has 5 rings (SSSR count). The third-order valence-electron chi connectivity index (χ3n) is 5.69. The molecular weight excluding hydrogens is 430 g/mol. The number of carboxylic acid groups (broad SMARTS) is 1. The van der Waals surface area contributed by atoms with Gasteiger partial charge in [-0.25, -0.2) is 13.6 Å². The minimum absolute atomic E-state index is 0.0452. The second kappa shape index (κ2) is 7.57. The molecule has 0 atom stereocenters. The number of nitrogens with zero attached hydrogens (tertiary/aromatic N) is 2. The van der Waals surface area contributed by atoms with Gasteiger partial charge in [-0.3, -0.25) is 4.79 Å². The van der Waals surface area contributed by atoms with Crippen LogP contribution in [0.2, 0.25) is 0 Å². The van der Waals surface area contributed by atoms with Crippen molar-refractivity contribution in [3.8, 4) is 6.07 Å². The van der Waals surface area contributed by atoms with Crippen molar-refractivity contribution < 1.29 is 27.9 Å². The molecule has 0 bridgehead atoms. The van der Waals surface area contributed by atoms with Gasteiger partial charge >= 0.3 is 5.97 Å². The van der Waals surface area contributed by atoms with Crippen LogP contribution in [0.25, 0.3) is 27.4 Å². The maximum Gasteiger partial charge on any atom is 0.353 e. The highest BCUT2D eigenvalue weighted by atomic mass is 19.1. The summed E-state index contributed by atoms with van der Waals surface area (Å²) in [5.41, 5.74) is 0.393. The lowest BCUT2D eigenvalue weighted by Crippen LogP contribution is -2.14. The molecule has 0 saturated heterocycles. The summed E-state index contributed by atoms with van der Waals surface area (Å²) in [5, 5.41) is 19.7. The molecule has 1 aliphatic rings. The van der Waals surface area contributed by atoms with E-state index >= 15 is 0 Å². The van der Waals surface area contributed by atoms with Gasteiger partial charge in [-0.15, -0.1) is 0 Å². The molecule has 2 aromatic carbocycles.